The standard InChI is InChI=1S/2C5H5.2CH4O.Zr/c2*1-2-4-5-3-1;2*1-2;/h2*1-5H;2*2H,1H3;/q2*-1;;;+2. The Morgan fingerprint density at radius 2 is 0.800 bits per heavy atom. The van der Waals surface area contributed by atoms with Crippen molar-refractivity contribution in [2.45, 2.75) is 0 Å². The number of rotatable bonds is 0. The molecule has 2 N–H and O–H groups in total. The molecule has 2 rings (SSSR count). The van der Waals surface area contributed by atoms with Crippen LogP contribution in [0.15, 0.2) is 60.7 Å². The van der Waals surface area contributed by atoms with Crippen molar-refractivity contribution in [3.8, 4) is 0 Å². The molecule has 0 unspecified atom stereocenters. The Bertz CT molecular complexity index is 153. The number of aliphatic hydroxyl groups excluding tert-OH is 2. The average molecular weight is 285 g/mol. The van der Waals surface area contributed by atoms with E-state index in [1.165, 1.54) is 0 Å². The molecule has 0 radical (unpaired) electrons. The zero-order valence-electron chi connectivity index (χ0n) is 9.17. The predicted molar refractivity (Wildman–Crippen MR) is 60.4 cm³/mol. The maximum Gasteiger partial charge on any atom is 2.00 e. The van der Waals surface area contributed by atoms with Gasteiger partial charge in [0.15, 0.2) is 0 Å². The van der Waals surface area contributed by atoms with Gasteiger partial charge in [-0.1, -0.05) is 0 Å². The van der Waals surface area contributed by atoms with Crippen molar-refractivity contribution in [2.24, 2.45) is 0 Å². The third kappa shape index (κ3) is 19.8. The second kappa shape index (κ2) is 23.4. The molecule has 2 aromatic rings. The quantitative estimate of drug-likeness (QED) is 0.727. The van der Waals surface area contributed by atoms with Gasteiger partial charge in [0.25, 0.3) is 0 Å². The third-order valence-corrected chi connectivity index (χ3v) is 1.11. The summed E-state index contributed by atoms with van der Waals surface area (Å²) in [5.41, 5.74) is 0. The molecular formula is C12H18O2Zr. The number of hydrogen-bond donors (Lipinski definition) is 2. The molecular weight excluding hydrogens is 267 g/mol. The monoisotopic (exact) mass is 284 g/mol. The van der Waals surface area contributed by atoms with Gasteiger partial charge < -0.3 is 10.2 Å². The maximum absolute atomic E-state index is 7.00. The fraction of sp³-hybridized carbons (Fsp3) is 0.167. The molecule has 0 aliphatic rings. The molecule has 15 heavy (non-hydrogen) atoms. The first-order valence-electron chi connectivity index (χ1n) is 4.23. The Morgan fingerprint density at radius 1 is 0.600 bits per heavy atom. The van der Waals surface area contributed by atoms with Gasteiger partial charge in [-0.15, -0.1) is 0 Å². The van der Waals surface area contributed by atoms with Gasteiger partial charge in [-0.2, -0.15) is 36.4 Å². The van der Waals surface area contributed by atoms with Gasteiger partial charge in [0.2, 0.25) is 0 Å². The maximum atomic E-state index is 7.00. The minimum absolute atomic E-state index is 0. The van der Waals surface area contributed by atoms with Gasteiger partial charge in [-0.05, 0) is 0 Å². The molecule has 0 aliphatic carbocycles. The van der Waals surface area contributed by atoms with Crippen LogP contribution in [0.4, 0.5) is 0 Å². The van der Waals surface area contributed by atoms with Crippen LogP contribution in [0.25, 0.3) is 0 Å². The van der Waals surface area contributed by atoms with Crippen LogP contribution in [0, 0.1) is 0 Å². The Balaban J connectivity index is -0.000000138. The summed E-state index contributed by atoms with van der Waals surface area (Å²) in [5.74, 6) is 0. The van der Waals surface area contributed by atoms with E-state index in [0.29, 0.717) is 0 Å². The van der Waals surface area contributed by atoms with Crippen LogP contribution in [-0.4, -0.2) is 24.4 Å². The first-order chi connectivity index (χ1) is 7.00. The average Bonchev–Trinajstić information content (AvgIpc) is 3.01. The second-order valence-electron chi connectivity index (χ2n) is 1.92. The molecule has 0 heterocycles. The van der Waals surface area contributed by atoms with Crippen molar-refractivity contribution in [3.63, 3.8) is 0 Å². The van der Waals surface area contributed by atoms with Gasteiger partial charge in [0, 0.05) is 14.2 Å². The number of aliphatic hydroxyl groups is 2. The second-order valence-corrected chi connectivity index (χ2v) is 1.92. The molecule has 2 aromatic carbocycles. The molecule has 0 spiro atoms. The van der Waals surface area contributed by atoms with Crippen molar-refractivity contribution in [1.29, 1.82) is 0 Å². The molecule has 0 aromatic heterocycles. The first-order valence-corrected chi connectivity index (χ1v) is 4.23. The van der Waals surface area contributed by atoms with Crippen molar-refractivity contribution in [3.05, 3.63) is 60.7 Å². The van der Waals surface area contributed by atoms with E-state index in [0.717, 1.165) is 14.2 Å². The SMILES string of the molecule is CO.CO.[Zr+2].c1cc[cH-]c1.c1cc[cH-]c1. The first kappa shape index (κ1) is 20.0. The summed E-state index contributed by atoms with van der Waals surface area (Å²) in [6.07, 6.45) is 0. The molecule has 3 heteroatoms. The van der Waals surface area contributed by atoms with Crippen molar-refractivity contribution in [2.75, 3.05) is 14.2 Å². The fourth-order valence-electron chi connectivity index (χ4n) is 0.642. The molecule has 0 saturated heterocycles. The predicted octanol–water partition coefficient (Wildman–Crippen LogP) is 2.03. The molecule has 0 saturated carbocycles. The summed E-state index contributed by atoms with van der Waals surface area (Å²) < 4.78 is 0. The van der Waals surface area contributed by atoms with Gasteiger partial charge in [0.05, 0.1) is 0 Å². The molecule has 0 aliphatic heterocycles. The van der Waals surface area contributed by atoms with E-state index in [9.17, 15) is 0 Å². The minimum atomic E-state index is 0. The van der Waals surface area contributed by atoms with Crippen LogP contribution in [0.2, 0.25) is 0 Å². The third-order valence-electron chi connectivity index (χ3n) is 1.11. The van der Waals surface area contributed by atoms with E-state index in [1.54, 1.807) is 0 Å². The van der Waals surface area contributed by atoms with E-state index in [2.05, 4.69) is 0 Å². The largest absolute Gasteiger partial charge is 2.00 e. The summed E-state index contributed by atoms with van der Waals surface area (Å²) in [7, 11) is 2.00. The van der Waals surface area contributed by atoms with E-state index < -0.39 is 0 Å². The molecule has 0 amide bonds. The summed E-state index contributed by atoms with van der Waals surface area (Å²) in [6, 6.07) is 20.0. The van der Waals surface area contributed by atoms with Crippen LogP contribution >= 0.6 is 0 Å². The summed E-state index contributed by atoms with van der Waals surface area (Å²) in [4.78, 5) is 0. The molecule has 82 valence electrons. The topological polar surface area (TPSA) is 40.5 Å². The Kier molecular flexibility index (Phi) is 31.1. The summed E-state index contributed by atoms with van der Waals surface area (Å²) in [6.45, 7) is 0. The van der Waals surface area contributed by atoms with Crippen LogP contribution in [0.5, 0.6) is 0 Å². The van der Waals surface area contributed by atoms with Crippen molar-refractivity contribution < 1.29 is 36.4 Å². The van der Waals surface area contributed by atoms with Gasteiger partial charge in [-0.3, -0.25) is 0 Å². The van der Waals surface area contributed by atoms with Crippen LogP contribution < -0.4 is 0 Å². The smallest absolute Gasteiger partial charge is 0.400 e. The fourth-order valence-corrected chi connectivity index (χ4v) is 0.642. The van der Waals surface area contributed by atoms with E-state index >= 15 is 0 Å². The van der Waals surface area contributed by atoms with E-state index in [1.807, 2.05) is 60.7 Å². The number of hydrogen-bond acceptors (Lipinski definition) is 2. The Labute approximate surface area is 111 Å². The summed E-state index contributed by atoms with van der Waals surface area (Å²) >= 11 is 0. The van der Waals surface area contributed by atoms with Crippen LogP contribution in [0.1, 0.15) is 0 Å². The molecule has 0 bridgehead atoms. The Hall–Kier alpha value is -0.497. The summed E-state index contributed by atoms with van der Waals surface area (Å²) in [5, 5.41) is 14.0. The zero-order chi connectivity index (χ0) is 11.1. The Morgan fingerprint density at radius 3 is 0.867 bits per heavy atom. The zero-order valence-corrected chi connectivity index (χ0v) is 11.6. The normalized spacial score (nSPS) is 6.13. The molecule has 0 atom stereocenters. The minimum Gasteiger partial charge on any atom is -0.400 e. The van der Waals surface area contributed by atoms with Crippen LogP contribution in [-0.2, 0) is 26.2 Å². The molecule has 2 nitrogen and oxygen atoms in total. The van der Waals surface area contributed by atoms with E-state index in [-0.39, 0.29) is 26.2 Å². The van der Waals surface area contributed by atoms with E-state index in [4.69, 9.17) is 10.2 Å². The van der Waals surface area contributed by atoms with Crippen molar-refractivity contribution in [1.82, 2.24) is 0 Å². The van der Waals surface area contributed by atoms with Gasteiger partial charge in [-0.25, -0.2) is 24.3 Å². The van der Waals surface area contributed by atoms with Gasteiger partial charge in [0.1, 0.15) is 0 Å². The molecule has 0 fully saturated rings. The van der Waals surface area contributed by atoms with Crippen LogP contribution in [0.3, 0.4) is 0 Å². The van der Waals surface area contributed by atoms with Crippen molar-refractivity contribution >= 4 is 0 Å². The van der Waals surface area contributed by atoms with Gasteiger partial charge >= 0.3 is 26.2 Å².